The molecule has 386 valence electrons. The first-order valence-corrected chi connectivity index (χ1v) is 27.5. The summed E-state index contributed by atoms with van der Waals surface area (Å²) in [6, 6.07) is 11.0. The molecule has 8 atom stereocenters. The highest BCUT2D eigenvalue weighted by Crippen LogP contribution is 2.39. The van der Waals surface area contributed by atoms with Gasteiger partial charge in [0.05, 0.1) is 49.4 Å². The van der Waals surface area contributed by atoms with Crippen LogP contribution in [0.25, 0.3) is 22.3 Å². The molecule has 4 fully saturated rings. The molecule has 4 saturated heterocycles. The Hall–Kier alpha value is -4.31. The summed E-state index contributed by atoms with van der Waals surface area (Å²) in [6.07, 6.45) is 11.7. The summed E-state index contributed by atoms with van der Waals surface area (Å²) in [5.74, 6) is 5.80. The molecule has 10 rings (SSSR count). The Morgan fingerprint density at radius 2 is 1.22 bits per heavy atom. The van der Waals surface area contributed by atoms with E-state index in [-0.39, 0.29) is 18.1 Å². The van der Waals surface area contributed by atoms with Gasteiger partial charge >= 0.3 is 5.97 Å². The van der Waals surface area contributed by atoms with E-state index < -0.39 is 0 Å². The van der Waals surface area contributed by atoms with E-state index in [1.807, 2.05) is 59.9 Å². The minimum atomic E-state index is -0.126. The molecule has 0 saturated carbocycles. The molecule has 4 aliphatic heterocycles. The van der Waals surface area contributed by atoms with Crippen LogP contribution in [0.4, 0.5) is 11.6 Å². The molecule has 8 heterocycles. The summed E-state index contributed by atoms with van der Waals surface area (Å²) in [4.78, 5) is 38.6. The van der Waals surface area contributed by atoms with Crippen LogP contribution in [-0.4, -0.2) is 116 Å². The van der Waals surface area contributed by atoms with Crippen LogP contribution < -0.4 is 15.1 Å². The number of esters is 1. The van der Waals surface area contributed by atoms with E-state index >= 15 is 0 Å². The van der Waals surface area contributed by atoms with Crippen molar-refractivity contribution in [2.75, 3.05) is 75.8 Å². The van der Waals surface area contributed by atoms with E-state index in [0.717, 1.165) is 121 Å². The molecule has 14 nitrogen and oxygen atoms in total. The molecule has 0 radical (unpaired) electrons. The topological polar surface area (TPSA) is 135 Å². The lowest BCUT2D eigenvalue weighted by molar-refractivity contribution is -0.141. The Labute approximate surface area is 444 Å². The van der Waals surface area contributed by atoms with Crippen LogP contribution in [0.1, 0.15) is 107 Å². The van der Waals surface area contributed by atoms with Gasteiger partial charge in [0.25, 0.3) is 0 Å². The van der Waals surface area contributed by atoms with E-state index in [4.69, 9.17) is 81.3 Å². The zero-order chi connectivity index (χ0) is 50.8. The van der Waals surface area contributed by atoms with Gasteiger partial charge in [-0.15, -0.1) is 0 Å². The van der Waals surface area contributed by atoms with E-state index in [1.54, 1.807) is 12.1 Å². The van der Waals surface area contributed by atoms with Gasteiger partial charge in [-0.3, -0.25) is 4.79 Å². The quantitative estimate of drug-likeness (QED) is 0.124. The van der Waals surface area contributed by atoms with Crippen molar-refractivity contribution in [2.45, 2.75) is 98.6 Å². The fourth-order valence-electron chi connectivity index (χ4n) is 12.3. The highest BCUT2D eigenvalue weighted by Gasteiger charge is 2.36. The van der Waals surface area contributed by atoms with E-state index in [0.29, 0.717) is 50.2 Å². The lowest BCUT2D eigenvalue weighted by atomic mass is 9.74. The van der Waals surface area contributed by atoms with Gasteiger partial charge in [-0.25, -0.2) is 29.3 Å². The number of carbonyl (C=O) groups is 1. The Morgan fingerprint density at radius 1 is 0.708 bits per heavy atom. The summed E-state index contributed by atoms with van der Waals surface area (Å²) >= 11 is 25.3. The Bertz CT molecular complexity index is 2850. The number of carbonyl (C=O) groups excluding carboxylic acids is 1. The van der Waals surface area contributed by atoms with Crippen molar-refractivity contribution in [2.24, 2.45) is 35.5 Å². The van der Waals surface area contributed by atoms with E-state index in [1.165, 1.54) is 52.3 Å². The number of methoxy groups -OCH3 is 1. The number of nitrogens with zero attached hydrogens (tertiary/aromatic N) is 11. The molecule has 1 N–H and O–H groups in total. The first-order valence-electron chi connectivity index (χ1n) is 26.0. The van der Waals surface area contributed by atoms with E-state index in [9.17, 15) is 4.79 Å². The zero-order valence-corrected chi connectivity index (χ0v) is 45.8. The molecule has 0 aliphatic carbocycles. The number of likely N-dealkylation sites (tertiary alicyclic amines) is 1. The molecule has 4 aliphatic rings. The van der Waals surface area contributed by atoms with Crippen molar-refractivity contribution >= 4 is 86.3 Å². The predicted molar refractivity (Wildman–Crippen MR) is 291 cm³/mol. The highest BCUT2D eigenvalue weighted by molar-refractivity contribution is 6.35. The number of fused-ring (bicyclic) bond motifs is 2. The van der Waals surface area contributed by atoms with Crippen molar-refractivity contribution in [3.63, 3.8) is 0 Å². The standard InChI is InChI=1S/C29H38Cl2N6O2.C25H32Cl2N6/c1-18-16-36(13-9-23(18)21-6-5-11-35(17-21)12-10-27(38)39-4)26-15-32-28-19(2)34-37(29(28)33-26)20(3)24-8-7-22(30)14-25(24)31;1-15-14-32(10-8-20(15)18-5-4-9-28-12-18)23-13-29-24-16(2)31-33(25(24)30-23)17(3)21-7-6-19(26)11-22(21)27/h7-8,14-15,18,20-21,23H,5-6,9-13,16-17H2,1-4H3;6-7,11,13,15,17-18,20,28H,4-5,8-10,12,14H2,1-3H3/t18?,20-,21?,23?;15?,17-,18?,20?/m11/s1. The molecule has 4 aromatic heterocycles. The average molecular weight is 1060 g/mol. The largest absolute Gasteiger partial charge is 0.469 e. The third-order valence-corrected chi connectivity index (χ3v) is 17.3. The van der Waals surface area contributed by atoms with Crippen LogP contribution in [0.15, 0.2) is 48.8 Å². The maximum absolute atomic E-state index is 11.6. The van der Waals surface area contributed by atoms with Gasteiger partial charge < -0.3 is 24.8 Å². The fourth-order valence-corrected chi connectivity index (χ4v) is 13.4. The molecule has 2 aromatic carbocycles. The van der Waals surface area contributed by atoms with Gasteiger partial charge in [0.15, 0.2) is 11.3 Å². The summed E-state index contributed by atoms with van der Waals surface area (Å²) in [6.45, 7) is 22.1. The summed E-state index contributed by atoms with van der Waals surface area (Å²) in [7, 11) is 1.46. The third kappa shape index (κ3) is 11.5. The molecular formula is C54H70Cl4N12O2. The van der Waals surface area contributed by atoms with Gasteiger partial charge in [-0.2, -0.15) is 10.2 Å². The van der Waals surface area contributed by atoms with Crippen LogP contribution in [0.3, 0.4) is 0 Å². The number of hydrogen-bond acceptors (Lipinski definition) is 12. The van der Waals surface area contributed by atoms with Crippen LogP contribution in [0.5, 0.6) is 0 Å². The Kier molecular flexibility index (Phi) is 16.8. The zero-order valence-electron chi connectivity index (χ0n) is 42.8. The molecule has 18 heteroatoms. The number of nitrogens with one attached hydrogen (secondary N) is 1. The summed E-state index contributed by atoms with van der Waals surface area (Å²) < 4.78 is 8.71. The lowest BCUT2D eigenvalue weighted by Crippen LogP contribution is -2.47. The SMILES string of the molecule is COC(=O)CCN1CCCC(C2CCN(c3cnc4c(C)nn([C@H](C)c5ccc(Cl)cc5Cl)c4n3)CC2C)C1.Cc1nn([C@H](C)c2ccc(Cl)cc2Cl)c2nc(N3CCC(C4CCCNC4)C(C)C3)cnc12. The molecule has 0 amide bonds. The number of halogens is 4. The number of aromatic nitrogens is 8. The second kappa shape index (κ2) is 23.1. The van der Waals surface area contributed by atoms with Crippen LogP contribution in [0.2, 0.25) is 20.1 Å². The Morgan fingerprint density at radius 3 is 1.69 bits per heavy atom. The second-order valence-corrected chi connectivity index (χ2v) is 22.6. The molecule has 0 bridgehead atoms. The monoisotopic (exact) mass is 1060 g/mol. The van der Waals surface area contributed by atoms with Crippen molar-refractivity contribution in [1.82, 2.24) is 49.7 Å². The van der Waals surface area contributed by atoms with Crippen molar-refractivity contribution < 1.29 is 9.53 Å². The highest BCUT2D eigenvalue weighted by atomic mass is 35.5. The number of benzene rings is 2. The van der Waals surface area contributed by atoms with E-state index in [2.05, 4.69) is 47.7 Å². The van der Waals surface area contributed by atoms with Gasteiger partial charge in [0, 0.05) is 59.4 Å². The molecule has 0 spiro atoms. The number of hydrogen-bond donors (Lipinski definition) is 1. The third-order valence-electron chi connectivity index (χ3n) is 16.2. The number of anilines is 2. The second-order valence-electron chi connectivity index (χ2n) is 20.9. The number of aryl methyl sites for hydroxylation is 2. The van der Waals surface area contributed by atoms with Gasteiger partial charge in [0.1, 0.15) is 22.7 Å². The summed E-state index contributed by atoms with van der Waals surface area (Å²) in [5, 5.41) is 15.6. The first-order chi connectivity index (χ1) is 34.7. The van der Waals surface area contributed by atoms with Crippen LogP contribution in [0, 0.1) is 49.4 Å². The number of rotatable bonds is 11. The smallest absolute Gasteiger partial charge is 0.306 e. The molecule has 72 heavy (non-hydrogen) atoms. The van der Waals surface area contributed by atoms with Crippen LogP contribution in [-0.2, 0) is 9.53 Å². The van der Waals surface area contributed by atoms with Crippen molar-refractivity contribution in [3.05, 3.63) is 91.4 Å². The first kappa shape index (κ1) is 52.5. The van der Waals surface area contributed by atoms with Gasteiger partial charge in [-0.05, 0) is 157 Å². The maximum Gasteiger partial charge on any atom is 0.306 e. The number of ether oxygens (including phenoxy) is 1. The van der Waals surface area contributed by atoms with Crippen LogP contribution >= 0.6 is 46.4 Å². The summed E-state index contributed by atoms with van der Waals surface area (Å²) in [5.41, 5.74) is 6.86. The predicted octanol–water partition coefficient (Wildman–Crippen LogP) is 11.3. The van der Waals surface area contributed by atoms with Crippen molar-refractivity contribution in [3.8, 4) is 0 Å². The minimum Gasteiger partial charge on any atom is -0.469 e. The van der Waals surface area contributed by atoms with Crippen molar-refractivity contribution in [1.29, 1.82) is 0 Å². The molecular weight excluding hydrogens is 990 g/mol. The van der Waals surface area contributed by atoms with Gasteiger partial charge in [0.2, 0.25) is 0 Å². The maximum atomic E-state index is 11.6. The normalized spacial score (nSPS) is 24.0. The number of piperidine rings is 4. The fraction of sp³-hybridized carbons (Fsp3) is 0.574. The lowest BCUT2D eigenvalue weighted by Gasteiger charge is -2.44. The molecule has 6 unspecified atom stereocenters. The Balaban J connectivity index is 0.000000180. The minimum absolute atomic E-state index is 0.0843. The van der Waals surface area contributed by atoms with Gasteiger partial charge in [-0.1, -0.05) is 72.4 Å². The average Bonchev–Trinajstić information content (AvgIpc) is 3.90. The molecule has 6 aromatic rings.